The number of hydrogen-bond donors (Lipinski definition) is 2. The number of aliphatic hydroxyl groups excluding tert-OH is 2. The van der Waals surface area contributed by atoms with E-state index in [1.54, 1.807) is 6.08 Å². The first-order valence-electron chi connectivity index (χ1n) is 21.5. The number of rotatable bonds is 19. The predicted molar refractivity (Wildman–Crippen MR) is 225 cm³/mol. The normalized spacial score (nSPS) is 26.0. The molecule has 2 saturated carbocycles. The van der Waals surface area contributed by atoms with E-state index in [1.807, 2.05) is 49.2 Å². The second kappa shape index (κ2) is 19.0. The zero-order valence-corrected chi connectivity index (χ0v) is 34.0. The number of unbranched alkanes of at least 4 members (excludes halogenated alkanes) is 2. The molecule has 3 aliphatic carbocycles. The van der Waals surface area contributed by atoms with Crippen molar-refractivity contribution in [3.63, 3.8) is 0 Å². The largest absolute Gasteiger partial charge is 0.459 e. The smallest absolute Gasteiger partial charge is 0.239 e. The van der Waals surface area contributed by atoms with E-state index in [0.29, 0.717) is 37.5 Å². The Bertz CT molecular complexity index is 1900. The van der Waals surface area contributed by atoms with E-state index in [2.05, 4.69) is 43.0 Å². The van der Waals surface area contributed by atoms with Crippen LogP contribution in [0.1, 0.15) is 102 Å². The van der Waals surface area contributed by atoms with Crippen LogP contribution < -0.4 is 9.47 Å². The summed E-state index contributed by atoms with van der Waals surface area (Å²) in [6.07, 6.45) is 15.7. The van der Waals surface area contributed by atoms with Gasteiger partial charge in [-0.1, -0.05) is 86.2 Å². The van der Waals surface area contributed by atoms with Crippen molar-refractivity contribution in [3.8, 4) is 17.2 Å². The first-order valence-corrected chi connectivity index (χ1v) is 21.5. The van der Waals surface area contributed by atoms with Gasteiger partial charge in [0, 0.05) is 44.6 Å². The molecule has 7 rings (SSSR count). The predicted octanol–water partition coefficient (Wildman–Crippen LogP) is 9.71. The van der Waals surface area contributed by atoms with Crippen molar-refractivity contribution in [3.05, 3.63) is 90.5 Å². The summed E-state index contributed by atoms with van der Waals surface area (Å²) in [5, 5.41) is 26.8. The molecule has 306 valence electrons. The van der Waals surface area contributed by atoms with Crippen molar-refractivity contribution < 1.29 is 34.1 Å². The number of carbonyl (C=O) groups excluding carboxylic acids is 1. The molecule has 0 aromatic heterocycles. The van der Waals surface area contributed by atoms with Gasteiger partial charge in [0.05, 0.1) is 18.2 Å². The fourth-order valence-electron chi connectivity index (χ4n) is 10.3. The molecule has 2 N–H and O–H groups in total. The molecule has 0 saturated heterocycles. The minimum atomic E-state index is -1.24. The van der Waals surface area contributed by atoms with E-state index in [0.717, 1.165) is 77.6 Å². The van der Waals surface area contributed by atoms with Crippen molar-refractivity contribution in [2.75, 3.05) is 33.5 Å². The highest BCUT2D eigenvalue weighted by Gasteiger charge is 2.65. The third kappa shape index (κ3) is 8.81. The molecule has 3 aromatic rings. The van der Waals surface area contributed by atoms with Gasteiger partial charge in [-0.3, -0.25) is 4.79 Å². The number of aliphatic hydroxyl groups is 2. The maximum absolute atomic E-state index is 14.3. The van der Waals surface area contributed by atoms with Gasteiger partial charge >= 0.3 is 0 Å². The molecule has 4 aliphatic rings. The van der Waals surface area contributed by atoms with E-state index in [9.17, 15) is 15.0 Å². The van der Waals surface area contributed by atoms with Crippen LogP contribution >= 0.6 is 0 Å². The molecule has 1 aliphatic heterocycles. The highest BCUT2D eigenvalue weighted by Crippen LogP contribution is 2.62. The topological polar surface area (TPSA) is 110 Å². The molecular formula is C48H62N2O7. The number of likely N-dealkylation sites (N-methyl/N-ethyl adjacent to an activating group) is 1. The van der Waals surface area contributed by atoms with Gasteiger partial charge in [-0.15, -0.1) is 6.58 Å². The Morgan fingerprint density at radius 3 is 2.46 bits per heavy atom. The molecule has 2 fully saturated rings. The highest BCUT2D eigenvalue weighted by atomic mass is 16.7. The molecule has 6 atom stereocenters. The number of fused-ring (bicyclic) bond motifs is 3. The van der Waals surface area contributed by atoms with E-state index in [4.69, 9.17) is 24.2 Å². The van der Waals surface area contributed by atoms with Crippen LogP contribution in [-0.4, -0.2) is 72.0 Å². The van der Waals surface area contributed by atoms with Gasteiger partial charge in [-0.05, 0) is 103 Å². The Balaban J connectivity index is 1.36. The molecule has 6 unspecified atom stereocenters. The lowest BCUT2D eigenvalue weighted by atomic mass is 9.55. The maximum atomic E-state index is 14.3. The second-order valence-corrected chi connectivity index (χ2v) is 16.5. The third-order valence-electron chi connectivity index (χ3n) is 13.0. The number of ether oxygens (including phenoxy) is 3. The first-order chi connectivity index (χ1) is 27.9. The third-order valence-corrected chi connectivity index (χ3v) is 13.0. The van der Waals surface area contributed by atoms with Crippen molar-refractivity contribution in [2.45, 2.75) is 108 Å². The van der Waals surface area contributed by atoms with E-state index in [1.165, 1.54) is 25.7 Å². The SMILES string of the molecule is C=CCOC12Oc3ccc(Oc4ccc5ccccc5c4)cc3C3C(CCCCO)C(CCCCO)C=C(C(=NOCC)CC1N(C)C(=O)CCC1CCCC1)C32. The van der Waals surface area contributed by atoms with E-state index in [-0.39, 0.29) is 49.4 Å². The zero-order valence-electron chi connectivity index (χ0n) is 34.0. The number of benzene rings is 3. The monoisotopic (exact) mass is 778 g/mol. The Morgan fingerprint density at radius 2 is 1.70 bits per heavy atom. The lowest BCUT2D eigenvalue weighted by molar-refractivity contribution is -0.255. The summed E-state index contributed by atoms with van der Waals surface area (Å²) in [4.78, 5) is 22.0. The van der Waals surface area contributed by atoms with Gasteiger partial charge < -0.3 is 34.2 Å². The number of amides is 1. The Morgan fingerprint density at radius 1 is 0.965 bits per heavy atom. The van der Waals surface area contributed by atoms with Crippen LogP contribution in [0, 0.1) is 23.7 Å². The van der Waals surface area contributed by atoms with Gasteiger partial charge in [0.15, 0.2) is 0 Å². The summed E-state index contributed by atoms with van der Waals surface area (Å²) < 4.78 is 21.0. The number of carbonyl (C=O) groups is 1. The summed E-state index contributed by atoms with van der Waals surface area (Å²) in [7, 11) is 1.90. The first kappa shape index (κ1) is 41.0. The van der Waals surface area contributed by atoms with Gasteiger partial charge in [-0.25, -0.2) is 0 Å². The van der Waals surface area contributed by atoms with Gasteiger partial charge in [0.1, 0.15) is 29.9 Å². The zero-order chi connectivity index (χ0) is 39.8. The molecule has 0 radical (unpaired) electrons. The number of hydrogen-bond acceptors (Lipinski definition) is 8. The standard InChI is InChI=1S/C48H62N2O7/c1-4-28-54-48-44(50(3)45(53)25-20-33-14-6-7-15-33)32-42(49-55-5-2)40-30-36(18-10-12-26-51)39(19-11-13-27-52)46(47(40)48)41-31-38(23-24-43(41)57-48)56-37-22-21-34-16-8-9-17-35(34)29-37/h4,8-9,16-17,21-24,29-31,33,36,39,44,46-47,51-52H,1,5-7,10-15,18-20,25-28,32H2,2-3H3. The van der Waals surface area contributed by atoms with Crippen LogP contribution in [0.4, 0.5) is 0 Å². The Hall–Kier alpha value is -4.18. The van der Waals surface area contributed by atoms with Crippen molar-refractivity contribution >= 4 is 22.4 Å². The number of oxime groups is 1. The average Bonchev–Trinajstić information content (AvgIpc) is 3.76. The summed E-state index contributed by atoms with van der Waals surface area (Å²) in [5.41, 5.74) is 2.90. The number of allylic oxidation sites excluding steroid dienone is 1. The van der Waals surface area contributed by atoms with Gasteiger partial charge in [0.25, 0.3) is 0 Å². The van der Waals surface area contributed by atoms with Crippen molar-refractivity contribution in [2.24, 2.45) is 28.8 Å². The molecule has 0 spiro atoms. The molecule has 1 heterocycles. The molecule has 9 nitrogen and oxygen atoms in total. The van der Waals surface area contributed by atoms with Gasteiger partial charge in [-0.2, -0.15) is 0 Å². The summed E-state index contributed by atoms with van der Waals surface area (Å²) in [6.45, 7) is 6.91. The molecule has 1 amide bonds. The summed E-state index contributed by atoms with van der Waals surface area (Å²) in [6, 6.07) is 20.0. The van der Waals surface area contributed by atoms with Crippen LogP contribution in [0.5, 0.6) is 17.2 Å². The minimum absolute atomic E-state index is 0.0823. The van der Waals surface area contributed by atoms with Crippen LogP contribution in [0.2, 0.25) is 0 Å². The lowest BCUT2D eigenvalue weighted by Gasteiger charge is -2.59. The minimum Gasteiger partial charge on any atom is -0.459 e. The van der Waals surface area contributed by atoms with Crippen molar-refractivity contribution in [1.82, 2.24) is 4.90 Å². The second-order valence-electron chi connectivity index (χ2n) is 16.5. The van der Waals surface area contributed by atoms with E-state index >= 15 is 0 Å². The molecular weight excluding hydrogens is 717 g/mol. The highest BCUT2D eigenvalue weighted by molar-refractivity contribution is 6.03. The molecule has 57 heavy (non-hydrogen) atoms. The fraction of sp³-hybridized carbons (Fsp3) is 0.542. The van der Waals surface area contributed by atoms with E-state index < -0.39 is 11.8 Å². The molecule has 9 heteroatoms. The Kier molecular flexibility index (Phi) is 13.7. The lowest BCUT2D eigenvalue weighted by Crippen LogP contribution is -2.69. The van der Waals surface area contributed by atoms with Gasteiger partial charge in [0.2, 0.25) is 11.7 Å². The fourth-order valence-corrected chi connectivity index (χ4v) is 10.3. The molecule has 0 bridgehead atoms. The van der Waals surface area contributed by atoms with Crippen LogP contribution in [-0.2, 0) is 14.4 Å². The van der Waals surface area contributed by atoms with Crippen LogP contribution in [0.3, 0.4) is 0 Å². The molecule has 3 aromatic carbocycles. The quantitative estimate of drug-likeness (QED) is 0.0709. The summed E-state index contributed by atoms with van der Waals surface area (Å²) in [5.74, 6) is 1.48. The van der Waals surface area contributed by atoms with Crippen molar-refractivity contribution in [1.29, 1.82) is 0 Å². The Labute approximate surface area is 338 Å². The van der Waals surface area contributed by atoms with Crippen LogP contribution in [0.15, 0.2) is 90.1 Å². The van der Waals surface area contributed by atoms with Crippen LogP contribution in [0.25, 0.3) is 10.8 Å². The maximum Gasteiger partial charge on any atom is 0.239 e. The average molecular weight is 779 g/mol. The number of nitrogens with zero attached hydrogens (tertiary/aromatic N) is 2. The summed E-state index contributed by atoms with van der Waals surface area (Å²) >= 11 is 0.